The minimum absolute atomic E-state index is 0.627. The van der Waals surface area contributed by atoms with Gasteiger partial charge in [0, 0.05) is 6.42 Å². The predicted molar refractivity (Wildman–Crippen MR) is 62.0 cm³/mol. The first-order valence-electron chi connectivity index (χ1n) is 5.60. The van der Waals surface area contributed by atoms with E-state index in [9.17, 15) is 9.90 Å². The molecular formula is C13H16O4. The molecule has 0 bridgehead atoms. The summed E-state index contributed by atoms with van der Waals surface area (Å²) in [5, 5.41) is 19.2. The fourth-order valence-corrected chi connectivity index (χ4v) is 1.91. The van der Waals surface area contributed by atoms with Gasteiger partial charge in [-0.25, -0.2) is 0 Å². The van der Waals surface area contributed by atoms with E-state index >= 15 is 0 Å². The van der Waals surface area contributed by atoms with Gasteiger partial charge in [0.15, 0.2) is 0 Å². The first-order valence-corrected chi connectivity index (χ1v) is 5.60. The van der Waals surface area contributed by atoms with Gasteiger partial charge in [0.05, 0.1) is 18.1 Å². The van der Waals surface area contributed by atoms with Crippen molar-refractivity contribution >= 4 is 5.97 Å². The summed E-state index contributed by atoms with van der Waals surface area (Å²) in [6.45, 7) is 3.69. The summed E-state index contributed by atoms with van der Waals surface area (Å²) in [6.07, 6.45) is -0.213. The Morgan fingerprint density at radius 2 is 2.18 bits per heavy atom. The number of hydrogen-bond donors (Lipinski definition) is 2. The van der Waals surface area contributed by atoms with Crippen molar-refractivity contribution in [3.8, 4) is 5.75 Å². The number of fused-ring (bicyclic) bond motifs is 1. The maximum Gasteiger partial charge on any atom is 0.312 e. The minimum atomic E-state index is -1.20. The molecule has 0 aromatic heterocycles. The summed E-state index contributed by atoms with van der Waals surface area (Å²) in [4.78, 5) is 11.1. The molecule has 1 aliphatic heterocycles. The molecular weight excluding hydrogens is 220 g/mol. The molecule has 0 radical (unpaired) electrons. The number of benzene rings is 1. The van der Waals surface area contributed by atoms with Crippen molar-refractivity contribution in [2.45, 2.75) is 26.4 Å². The molecule has 1 aromatic carbocycles. The van der Waals surface area contributed by atoms with Gasteiger partial charge in [-0.05, 0) is 37.1 Å². The van der Waals surface area contributed by atoms with Crippen LogP contribution in [0.1, 0.15) is 31.1 Å². The van der Waals surface area contributed by atoms with Crippen LogP contribution in [0.4, 0.5) is 0 Å². The maximum atomic E-state index is 11.1. The Kier molecular flexibility index (Phi) is 2.83. The molecule has 1 atom stereocenters. The lowest BCUT2D eigenvalue weighted by atomic mass is 9.82. The first-order chi connectivity index (χ1) is 7.93. The maximum absolute atomic E-state index is 11.1. The Balaban J connectivity index is 2.32. The Morgan fingerprint density at radius 3 is 2.82 bits per heavy atom. The second kappa shape index (κ2) is 4.04. The van der Waals surface area contributed by atoms with Crippen molar-refractivity contribution in [1.29, 1.82) is 0 Å². The van der Waals surface area contributed by atoms with Crippen LogP contribution in [-0.2, 0) is 11.2 Å². The van der Waals surface area contributed by atoms with E-state index in [0.29, 0.717) is 12.2 Å². The van der Waals surface area contributed by atoms with E-state index in [1.54, 1.807) is 12.1 Å². The van der Waals surface area contributed by atoms with E-state index in [-0.39, 0.29) is 0 Å². The molecule has 1 heterocycles. The number of ether oxygens (including phenoxy) is 1. The van der Waals surface area contributed by atoms with Crippen LogP contribution in [0, 0.1) is 5.41 Å². The minimum Gasteiger partial charge on any atom is -0.493 e. The Bertz CT molecular complexity index is 451. The Labute approximate surface area is 99.8 Å². The smallest absolute Gasteiger partial charge is 0.312 e. The molecule has 0 fully saturated rings. The average Bonchev–Trinajstić information content (AvgIpc) is 2.74. The normalized spacial score (nSPS) is 16.2. The van der Waals surface area contributed by atoms with Gasteiger partial charge in [0.1, 0.15) is 5.75 Å². The summed E-state index contributed by atoms with van der Waals surface area (Å²) in [5.74, 6) is -0.184. The molecule has 0 aliphatic carbocycles. The largest absolute Gasteiger partial charge is 0.493 e. The van der Waals surface area contributed by atoms with Crippen molar-refractivity contribution in [2.75, 3.05) is 6.61 Å². The summed E-state index contributed by atoms with van der Waals surface area (Å²) in [6, 6.07) is 5.34. The van der Waals surface area contributed by atoms with E-state index in [1.165, 1.54) is 13.8 Å². The van der Waals surface area contributed by atoms with Gasteiger partial charge < -0.3 is 14.9 Å². The zero-order chi connectivity index (χ0) is 12.6. The highest BCUT2D eigenvalue weighted by atomic mass is 16.5. The topological polar surface area (TPSA) is 66.8 Å². The highest BCUT2D eigenvalue weighted by molar-refractivity contribution is 5.74. The fourth-order valence-electron chi connectivity index (χ4n) is 1.91. The monoisotopic (exact) mass is 236 g/mol. The van der Waals surface area contributed by atoms with E-state index < -0.39 is 17.5 Å². The zero-order valence-electron chi connectivity index (χ0n) is 9.93. The number of carbonyl (C=O) groups is 1. The van der Waals surface area contributed by atoms with E-state index in [4.69, 9.17) is 9.84 Å². The summed E-state index contributed by atoms with van der Waals surface area (Å²) >= 11 is 0. The predicted octanol–water partition coefficient (Wildman–Crippen LogP) is 1.77. The van der Waals surface area contributed by atoms with Crippen molar-refractivity contribution in [1.82, 2.24) is 0 Å². The van der Waals surface area contributed by atoms with Gasteiger partial charge >= 0.3 is 5.97 Å². The molecule has 4 heteroatoms. The van der Waals surface area contributed by atoms with Crippen LogP contribution in [-0.4, -0.2) is 22.8 Å². The SMILES string of the molecule is CC(C)(C(=O)O)C(O)c1ccc2c(c1)CCO2. The number of aliphatic hydroxyl groups excluding tert-OH is 1. The van der Waals surface area contributed by atoms with Crippen LogP contribution in [0.25, 0.3) is 0 Å². The van der Waals surface area contributed by atoms with E-state index in [0.717, 1.165) is 17.7 Å². The third-order valence-corrected chi connectivity index (χ3v) is 3.26. The molecule has 2 N–H and O–H groups in total. The van der Waals surface area contributed by atoms with Crippen LogP contribution >= 0.6 is 0 Å². The third-order valence-electron chi connectivity index (χ3n) is 3.26. The van der Waals surface area contributed by atoms with Crippen molar-refractivity contribution in [3.63, 3.8) is 0 Å². The van der Waals surface area contributed by atoms with Gasteiger partial charge in [-0.3, -0.25) is 4.79 Å². The number of aliphatic carboxylic acids is 1. The lowest BCUT2D eigenvalue weighted by Gasteiger charge is -2.26. The lowest BCUT2D eigenvalue weighted by Crippen LogP contribution is -2.31. The van der Waals surface area contributed by atoms with Crippen LogP contribution in [0.5, 0.6) is 5.75 Å². The van der Waals surface area contributed by atoms with Crippen LogP contribution in [0.2, 0.25) is 0 Å². The molecule has 4 nitrogen and oxygen atoms in total. The molecule has 0 amide bonds. The van der Waals surface area contributed by atoms with Gasteiger partial charge in [0.25, 0.3) is 0 Å². The molecule has 1 aromatic rings. The highest BCUT2D eigenvalue weighted by Crippen LogP contribution is 2.36. The molecule has 0 saturated heterocycles. The van der Waals surface area contributed by atoms with Gasteiger partial charge in [0.2, 0.25) is 0 Å². The second-order valence-corrected chi connectivity index (χ2v) is 4.89. The number of hydrogen-bond acceptors (Lipinski definition) is 3. The number of carboxylic acids is 1. The van der Waals surface area contributed by atoms with Gasteiger partial charge in [-0.1, -0.05) is 6.07 Å². The van der Waals surface area contributed by atoms with Gasteiger partial charge in [-0.2, -0.15) is 0 Å². The van der Waals surface area contributed by atoms with Crippen molar-refractivity contribution < 1.29 is 19.7 Å². The van der Waals surface area contributed by atoms with Crippen LogP contribution < -0.4 is 4.74 Å². The molecule has 92 valence electrons. The van der Waals surface area contributed by atoms with Crippen LogP contribution in [0.3, 0.4) is 0 Å². The molecule has 0 spiro atoms. The number of rotatable bonds is 3. The van der Waals surface area contributed by atoms with Crippen molar-refractivity contribution in [3.05, 3.63) is 29.3 Å². The second-order valence-electron chi connectivity index (χ2n) is 4.89. The average molecular weight is 236 g/mol. The standard InChI is InChI=1S/C13H16O4/c1-13(2,12(15)16)11(14)9-3-4-10-8(7-9)5-6-17-10/h3-4,7,11,14H,5-6H2,1-2H3,(H,15,16). The zero-order valence-corrected chi connectivity index (χ0v) is 9.93. The number of aliphatic hydroxyl groups is 1. The molecule has 2 rings (SSSR count). The molecule has 17 heavy (non-hydrogen) atoms. The third kappa shape index (κ3) is 2.00. The summed E-state index contributed by atoms with van der Waals surface area (Å²) in [5.41, 5.74) is 0.456. The molecule has 1 aliphatic rings. The van der Waals surface area contributed by atoms with E-state index in [2.05, 4.69) is 0 Å². The summed E-state index contributed by atoms with van der Waals surface area (Å²) in [7, 11) is 0. The van der Waals surface area contributed by atoms with Crippen molar-refractivity contribution in [2.24, 2.45) is 5.41 Å². The van der Waals surface area contributed by atoms with Crippen LogP contribution in [0.15, 0.2) is 18.2 Å². The summed E-state index contributed by atoms with van der Waals surface area (Å²) < 4.78 is 5.37. The number of carboxylic acid groups (broad SMARTS) is 1. The fraction of sp³-hybridized carbons (Fsp3) is 0.462. The van der Waals surface area contributed by atoms with Gasteiger partial charge in [-0.15, -0.1) is 0 Å². The molecule has 0 saturated carbocycles. The lowest BCUT2D eigenvalue weighted by molar-refractivity contribution is -0.153. The molecule has 1 unspecified atom stereocenters. The Morgan fingerprint density at radius 1 is 1.47 bits per heavy atom. The van der Waals surface area contributed by atoms with E-state index in [1.807, 2.05) is 6.07 Å². The first kappa shape index (κ1) is 11.9. The highest BCUT2D eigenvalue weighted by Gasteiger charge is 2.37. The quantitative estimate of drug-likeness (QED) is 0.839. The Hall–Kier alpha value is -1.55.